The summed E-state index contributed by atoms with van der Waals surface area (Å²) in [5.74, 6) is -0.599. The monoisotopic (exact) mass is 440 g/mol. The van der Waals surface area contributed by atoms with Crippen LogP contribution in [0, 0.1) is 11.7 Å². The van der Waals surface area contributed by atoms with E-state index in [0.29, 0.717) is 17.8 Å². The molecule has 1 aliphatic heterocycles. The number of hydrogen-bond donors (Lipinski definition) is 2. The topological polar surface area (TPSA) is 64.7 Å². The Morgan fingerprint density at radius 1 is 0.969 bits per heavy atom. The highest BCUT2D eigenvalue weighted by Gasteiger charge is 2.24. The fourth-order valence-electron chi connectivity index (χ4n) is 3.89. The van der Waals surface area contributed by atoms with Crippen molar-refractivity contribution in [3.63, 3.8) is 0 Å². The van der Waals surface area contributed by atoms with Crippen LogP contribution < -0.4 is 15.5 Å². The van der Waals surface area contributed by atoms with Crippen molar-refractivity contribution in [1.82, 2.24) is 15.5 Å². The van der Waals surface area contributed by atoms with E-state index in [9.17, 15) is 14.0 Å². The number of rotatable bonds is 9. The number of piperazine rings is 1. The molecule has 1 aliphatic rings. The van der Waals surface area contributed by atoms with E-state index in [2.05, 4.69) is 20.4 Å². The number of carbonyl (C=O) groups excluding carboxylic acids is 2. The highest BCUT2D eigenvalue weighted by Crippen LogP contribution is 2.20. The standard InChI is InChI=1S/C25H33FN4O2/c1-19(2)23(28-24(31)20-9-4-3-5-10-20)25(32)27-13-8-14-29-15-17-30(18-16-29)22-12-7-6-11-21(22)26/h3-7,9-12,19,23H,8,13-18H2,1-2H3,(H,27,32)(H,28,31). The zero-order valence-electron chi connectivity index (χ0n) is 18.9. The molecule has 1 heterocycles. The maximum atomic E-state index is 14.0. The van der Waals surface area contributed by atoms with Crippen LogP contribution in [0.4, 0.5) is 10.1 Å². The molecule has 1 atom stereocenters. The van der Waals surface area contributed by atoms with Gasteiger partial charge >= 0.3 is 0 Å². The highest BCUT2D eigenvalue weighted by molar-refractivity contribution is 5.97. The molecule has 1 unspecified atom stereocenters. The van der Waals surface area contributed by atoms with E-state index in [1.807, 2.05) is 32.0 Å². The molecule has 0 saturated carbocycles. The van der Waals surface area contributed by atoms with E-state index in [1.165, 1.54) is 6.07 Å². The third-order valence-electron chi connectivity index (χ3n) is 5.79. The Morgan fingerprint density at radius 3 is 2.28 bits per heavy atom. The quantitative estimate of drug-likeness (QED) is 0.589. The molecule has 0 bridgehead atoms. The van der Waals surface area contributed by atoms with Crippen LogP contribution in [-0.2, 0) is 4.79 Å². The molecule has 2 aromatic rings. The summed E-state index contributed by atoms with van der Waals surface area (Å²) in [5, 5.41) is 5.81. The first-order valence-electron chi connectivity index (χ1n) is 11.3. The molecule has 0 radical (unpaired) electrons. The summed E-state index contributed by atoms with van der Waals surface area (Å²) < 4.78 is 14.0. The molecule has 0 aromatic heterocycles. The summed E-state index contributed by atoms with van der Waals surface area (Å²) in [6.07, 6.45) is 0.822. The maximum Gasteiger partial charge on any atom is 0.251 e. The van der Waals surface area contributed by atoms with Crippen molar-refractivity contribution in [1.29, 1.82) is 0 Å². The Labute approximate surface area is 189 Å². The Kier molecular flexibility index (Phi) is 8.62. The third-order valence-corrected chi connectivity index (χ3v) is 5.79. The SMILES string of the molecule is CC(C)C(NC(=O)c1ccccc1)C(=O)NCCCN1CCN(c2ccccc2F)CC1. The summed E-state index contributed by atoms with van der Waals surface area (Å²) in [6, 6.07) is 15.2. The van der Waals surface area contributed by atoms with Crippen LogP contribution in [-0.4, -0.2) is 62.0 Å². The molecule has 2 amide bonds. The van der Waals surface area contributed by atoms with Crippen LogP contribution in [0.2, 0.25) is 0 Å². The largest absolute Gasteiger partial charge is 0.367 e. The lowest BCUT2D eigenvalue weighted by Gasteiger charge is -2.36. The van der Waals surface area contributed by atoms with E-state index in [0.717, 1.165) is 39.1 Å². The minimum absolute atomic E-state index is 0.0193. The van der Waals surface area contributed by atoms with Crippen molar-refractivity contribution in [3.8, 4) is 0 Å². The van der Waals surface area contributed by atoms with Crippen molar-refractivity contribution in [2.45, 2.75) is 26.3 Å². The van der Waals surface area contributed by atoms with E-state index in [-0.39, 0.29) is 23.5 Å². The van der Waals surface area contributed by atoms with Crippen molar-refractivity contribution in [2.75, 3.05) is 44.2 Å². The summed E-state index contributed by atoms with van der Waals surface area (Å²) in [5.41, 5.74) is 1.21. The minimum Gasteiger partial charge on any atom is -0.367 e. The first-order valence-corrected chi connectivity index (χ1v) is 11.3. The molecule has 0 spiro atoms. The van der Waals surface area contributed by atoms with E-state index >= 15 is 0 Å². The summed E-state index contributed by atoms with van der Waals surface area (Å²) >= 11 is 0. The second kappa shape index (κ2) is 11.6. The Balaban J connectivity index is 1.38. The van der Waals surface area contributed by atoms with Gasteiger partial charge in [-0.1, -0.05) is 44.2 Å². The number of hydrogen-bond acceptors (Lipinski definition) is 4. The zero-order valence-corrected chi connectivity index (χ0v) is 18.9. The van der Waals surface area contributed by atoms with Crippen molar-refractivity contribution >= 4 is 17.5 Å². The lowest BCUT2D eigenvalue weighted by molar-refractivity contribution is -0.123. The number of nitrogens with one attached hydrogen (secondary N) is 2. The van der Waals surface area contributed by atoms with Crippen LogP contribution in [0.25, 0.3) is 0 Å². The summed E-state index contributed by atoms with van der Waals surface area (Å²) in [6.45, 7) is 8.57. The van der Waals surface area contributed by atoms with Crippen LogP contribution in [0.3, 0.4) is 0 Å². The van der Waals surface area contributed by atoms with Gasteiger partial charge in [0.25, 0.3) is 5.91 Å². The highest BCUT2D eigenvalue weighted by atomic mass is 19.1. The fourth-order valence-corrected chi connectivity index (χ4v) is 3.89. The number of para-hydroxylation sites is 1. The summed E-state index contributed by atoms with van der Waals surface area (Å²) in [4.78, 5) is 29.5. The van der Waals surface area contributed by atoms with Crippen molar-refractivity contribution in [3.05, 3.63) is 66.0 Å². The lowest BCUT2D eigenvalue weighted by Crippen LogP contribution is -2.50. The third kappa shape index (κ3) is 6.53. The Morgan fingerprint density at radius 2 is 1.62 bits per heavy atom. The molecule has 2 aromatic carbocycles. The van der Waals surface area contributed by atoms with Gasteiger partial charge in [0, 0.05) is 38.3 Å². The minimum atomic E-state index is -0.577. The molecule has 32 heavy (non-hydrogen) atoms. The zero-order chi connectivity index (χ0) is 22.9. The van der Waals surface area contributed by atoms with Gasteiger partial charge in [0.2, 0.25) is 5.91 Å². The van der Waals surface area contributed by atoms with Gasteiger partial charge in [-0.3, -0.25) is 14.5 Å². The molecule has 2 N–H and O–H groups in total. The molecule has 0 aliphatic carbocycles. The molecular formula is C25H33FN4O2. The fraction of sp³-hybridized carbons (Fsp3) is 0.440. The first-order chi connectivity index (χ1) is 15.5. The average Bonchev–Trinajstić information content (AvgIpc) is 2.81. The van der Waals surface area contributed by atoms with Crippen LogP contribution in [0.5, 0.6) is 0 Å². The summed E-state index contributed by atoms with van der Waals surface area (Å²) in [7, 11) is 0. The number of benzene rings is 2. The normalized spacial score (nSPS) is 15.4. The molecular weight excluding hydrogens is 407 g/mol. The van der Waals surface area contributed by atoms with Crippen molar-refractivity contribution in [2.24, 2.45) is 5.92 Å². The van der Waals surface area contributed by atoms with Crippen molar-refractivity contribution < 1.29 is 14.0 Å². The number of halogens is 1. The van der Waals surface area contributed by atoms with E-state index < -0.39 is 6.04 Å². The molecule has 6 nitrogen and oxygen atoms in total. The molecule has 1 fully saturated rings. The van der Waals surface area contributed by atoms with Crippen LogP contribution in [0.15, 0.2) is 54.6 Å². The van der Waals surface area contributed by atoms with Gasteiger partial charge in [0.15, 0.2) is 0 Å². The maximum absolute atomic E-state index is 14.0. The van der Waals surface area contributed by atoms with E-state index in [4.69, 9.17) is 0 Å². The van der Waals surface area contributed by atoms with Gasteiger partial charge in [-0.15, -0.1) is 0 Å². The Bertz CT molecular complexity index is 883. The number of anilines is 1. The smallest absolute Gasteiger partial charge is 0.251 e. The van der Waals surface area contributed by atoms with Crippen LogP contribution in [0.1, 0.15) is 30.6 Å². The van der Waals surface area contributed by atoms with Gasteiger partial charge in [-0.05, 0) is 43.1 Å². The number of carbonyl (C=O) groups is 2. The molecule has 1 saturated heterocycles. The molecule has 172 valence electrons. The number of amides is 2. The van der Waals surface area contributed by atoms with Gasteiger partial charge in [-0.2, -0.15) is 0 Å². The van der Waals surface area contributed by atoms with Gasteiger partial charge in [0.05, 0.1) is 5.69 Å². The van der Waals surface area contributed by atoms with Gasteiger partial charge in [-0.25, -0.2) is 4.39 Å². The number of nitrogens with zero attached hydrogens (tertiary/aromatic N) is 2. The van der Waals surface area contributed by atoms with Crippen LogP contribution >= 0.6 is 0 Å². The second-order valence-corrected chi connectivity index (χ2v) is 8.49. The predicted octanol–water partition coefficient (Wildman–Crippen LogP) is 2.91. The molecule has 7 heteroatoms. The predicted molar refractivity (Wildman–Crippen MR) is 125 cm³/mol. The van der Waals surface area contributed by atoms with E-state index in [1.54, 1.807) is 30.3 Å². The van der Waals surface area contributed by atoms with Gasteiger partial charge in [0.1, 0.15) is 11.9 Å². The Hall–Kier alpha value is -2.93. The molecule has 3 rings (SSSR count). The average molecular weight is 441 g/mol. The second-order valence-electron chi connectivity index (χ2n) is 8.49. The van der Waals surface area contributed by atoms with Gasteiger partial charge < -0.3 is 15.5 Å². The first kappa shape index (κ1) is 23.7. The lowest BCUT2D eigenvalue weighted by atomic mass is 10.0.